The molecule has 0 atom stereocenters. The molecule has 1 N–H and O–H groups in total. The van der Waals surface area contributed by atoms with Crippen LogP contribution in [0, 0.1) is 10.1 Å². The first-order chi connectivity index (χ1) is 9.56. The average Bonchev–Trinajstić information content (AvgIpc) is 2.98. The van der Waals surface area contributed by atoms with Gasteiger partial charge in [-0.3, -0.25) is 15.0 Å². The molecule has 0 spiro atoms. The molecule has 20 heavy (non-hydrogen) atoms. The molecule has 0 unspecified atom stereocenters. The number of rotatable bonds is 2. The molecule has 0 saturated heterocycles. The van der Waals surface area contributed by atoms with Crippen molar-refractivity contribution >= 4 is 11.8 Å². The predicted molar refractivity (Wildman–Crippen MR) is 67.5 cm³/mol. The highest BCUT2D eigenvalue weighted by Gasteiger charge is 2.27. The third kappa shape index (κ3) is 1.87. The number of hydrogen-bond donors (Lipinski definition) is 1. The number of aromatic nitrogens is 2. The smallest absolute Gasteiger partial charge is 0.407 e. The Bertz CT molecular complexity index is 692. The SMILES string of the molecule is O=C(O)N1Cc2cnn(-c3ccc([N+](=O)[O-])cc3)c2C1. The van der Waals surface area contributed by atoms with E-state index in [1.165, 1.54) is 17.0 Å². The van der Waals surface area contributed by atoms with E-state index in [0.29, 0.717) is 12.2 Å². The van der Waals surface area contributed by atoms with Crippen molar-refractivity contribution in [2.75, 3.05) is 0 Å². The van der Waals surface area contributed by atoms with Crippen molar-refractivity contribution < 1.29 is 14.8 Å². The van der Waals surface area contributed by atoms with Crippen molar-refractivity contribution in [1.82, 2.24) is 14.7 Å². The summed E-state index contributed by atoms with van der Waals surface area (Å²) in [5, 5.41) is 23.8. The summed E-state index contributed by atoms with van der Waals surface area (Å²) in [4.78, 5) is 22.4. The zero-order valence-electron chi connectivity index (χ0n) is 10.3. The highest BCUT2D eigenvalue weighted by Crippen LogP contribution is 2.25. The van der Waals surface area contributed by atoms with Crippen LogP contribution in [0.15, 0.2) is 30.5 Å². The number of nitrogens with zero attached hydrogens (tertiary/aromatic N) is 4. The number of nitro groups is 1. The Balaban J connectivity index is 1.94. The van der Waals surface area contributed by atoms with Gasteiger partial charge in [0.05, 0.1) is 35.6 Å². The summed E-state index contributed by atoms with van der Waals surface area (Å²) in [6, 6.07) is 5.98. The maximum Gasteiger partial charge on any atom is 0.407 e. The zero-order valence-corrected chi connectivity index (χ0v) is 10.3. The normalized spacial score (nSPS) is 13.3. The fraction of sp³-hybridized carbons (Fsp3) is 0.167. The molecule has 8 nitrogen and oxygen atoms in total. The maximum atomic E-state index is 11.0. The van der Waals surface area contributed by atoms with E-state index in [4.69, 9.17) is 5.11 Å². The summed E-state index contributed by atoms with van der Waals surface area (Å²) >= 11 is 0. The lowest BCUT2D eigenvalue weighted by molar-refractivity contribution is -0.384. The molecule has 8 heteroatoms. The Labute approximate surface area is 113 Å². The van der Waals surface area contributed by atoms with Gasteiger partial charge in [-0.1, -0.05) is 0 Å². The Morgan fingerprint density at radius 2 is 2.00 bits per heavy atom. The van der Waals surface area contributed by atoms with E-state index in [1.807, 2.05) is 0 Å². The van der Waals surface area contributed by atoms with Crippen LogP contribution in [-0.4, -0.2) is 30.8 Å². The predicted octanol–water partition coefficient (Wildman–Crippen LogP) is 1.77. The van der Waals surface area contributed by atoms with Crippen molar-refractivity contribution in [1.29, 1.82) is 0 Å². The van der Waals surface area contributed by atoms with E-state index in [0.717, 1.165) is 11.3 Å². The summed E-state index contributed by atoms with van der Waals surface area (Å²) in [6.45, 7) is 0.583. The molecule has 3 rings (SSSR count). The molecule has 1 aromatic carbocycles. The second-order valence-corrected chi connectivity index (χ2v) is 4.44. The van der Waals surface area contributed by atoms with Crippen molar-refractivity contribution in [2.45, 2.75) is 13.1 Å². The highest BCUT2D eigenvalue weighted by molar-refractivity contribution is 5.66. The number of non-ortho nitro benzene ring substituents is 1. The van der Waals surface area contributed by atoms with Crippen molar-refractivity contribution in [3.05, 3.63) is 51.8 Å². The van der Waals surface area contributed by atoms with Gasteiger partial charge in [0.1, 0.15) is 0 Å². The lowest BCUT2D eigenvalue weighted by atomic mass is 10.2. The standard InChI is InChI=1S/C12H10N4O4/c17-12(18)14-6-8-5-13-15(11(8)7-14)9-1-3-10(4-2-9)16(19)20/h1-5H,6-7H2,(H,17,18). The van der Waals surface area contributed by atoms with Gasteiger partial charge < -0.3 is 5.11 Å². The minimum absolute atomic E-state index is 0.00436. The van der Waals surface area contributed by atoms with Crippen LogP contribution in [-0.2, 0) is 13.1 Å². The lowest BCUT2D eigenvalue weighted by Crippen LogP contribution is -2.23. The fourth-order valence-corrected chi connectivity index (χ4v) is 2.22. The fourth-order valence-electron chi connectivity index (χ4n) is 2.22. The number of carbonyl (C=O) groups is 1. The van der Waals surface area contributed by atoms with Crippen LogP contribution in [0.4, 0.5) is 10.5 Å². The van der Waals surface area contributed by atoms with Crippen LogP contribution in [0.5, 0.6) is 0 Å². The highest BCUT2D eigenvalue weighted by atomic mass is 16.6. The van der Waals surface area contributed by atoms with E-state index in [-0.39, 0.29) is 12.2 Å². The molecular formula is C12H10N4O4. The molecule has 2 aromatic rings. The molecule has 0 saturated carbocycles. The molecule has 1 aromatic heterocycles. The Morgan fingerprint density at radius 1 is 1.30 bits per heavy atom. The Hall–Kier alpha value is -2.90. The van der Waals surface area contributed by atoms with Crippen molar-refractivity contribution in [3.63, 3.8) is 0 Å². The topological polar surface area (TPSA) is 102 Å². The molecule has 1 aliphatic rings. The molecule has 0 bridgehead atoms. The van der Waals surface area contributed by atoms with E-state index in [9.17, 15) is 14.9 Å². The Kier molecular flexibility index (Phi) is 2.63. The Morgan fingerprint density at radius 3 is 2.60 bits per heavy atom. The number of hydrogen-bond acceptors (Lipinski definition) is 4. The van der Waals surface area contributed by atoms with Gasteiger partial charge in [-0.15, -0.1) is 0 Å². The van der Waals surface area contributed by atoms with Gasteiger partial charge >= 0.3 is 6.09 Å². The van der Waals surface area contributed by atoms with Crippen LogP contribution in [0.25, 0.3) is 5.69 Å². The van der Waals surface area contributed by atoms with Gasteiger partial charge in [-0.05, 0) is 12.1 Å². The quantitative estimate of drug-likeness (QED) is 0.664. The number of amides is 1. The third-order valence-electron chi connectivity index (χ3n) is 3.23. The number of benzene rings is 1. The van der Waals surface area contributed by atoms with E-state index >= 15 is 0 Å². The summed E-state index contributed by atoms with van der Waals surface area (Å²) in [5.74, 6) is 0. The summed E-state index contributed by atoms with van der Waals surface area (Å²) in [6.07, 6.45) is 0.649. The van der Waals surface area contributed by atoms with Gasteiger partial charge in [-0.25, -0.2) is 9.48 Å². The first-order valence-corrected chi connectivity index (χ1v) is 5.85. The van der Waals surface area contributed by atoms with Crippen LogP contribution in [0.3, 0.4) is 0 Å². The summed E-state index contributed by atoms with van der Waals surface area (Å²) in [5.41, 5.74) is 2.32. The average molecular weight is 274 g/mol. The minimum Gasteiger partial charge on any atom is -0.465 e. The van der Waals surface area contributed by atoms with Gasteiger partial charge in [-0.2, -0.15) is 5.10 Å². The third-order valence-corrected chi connectivity index (χ3v) is 3.23. The molecule has 1 amide bonds. The summed E-state index contributed by atoms with van der Waals surface area (Å²) in [7, 11) is 0. The maximum absolute atomic E-state index is 11.0. The van der Waals surface area contributed by atoms with Crippen molar-refractivity contribution in [2.24, 2.45) is 0 Å². The first-order valence-electron chi connectivity index (χ1n) is 5.85. The van der Waals surface area contributed by atoms with Crippen LogP contribution in [0.2, 0.25) is 0 Å². The molecule has 1 aliphatic heterocycles. The first kappa shape index (κ1) is 12.2. The zero-order chi connectivity index (χ0) is 14.3. The minimum atomic E-state index is -0.976. The molecule has 0 fully saturated rings. The molecule has 2 heterocycles. The second kappa shape index (κ2) is 4.34. The number of carboxylic acid groups (broad SMARTS) is 1. The summed E-state index contributed by atoms with van der Waals surface area (Å²) < 4.78 is 1.61. The lowest BCUT2D eigenvalue weighted by Gasteiger charge is -2.11. The molecule has 0 radical (unpaired) electrons. The van der Waals surface area contributed by atoms with E-state index in [2.05, 4.69) is 5.10 Å². The van der Waals surface area contributed by atoms with Crippen LogP contribution >= 0.6 is 0 Å². The van der Waals surface area contributed by atoms with Gasteiger partial charge in [0, 0.05) is 17.7 Å². The number of nitro benzene ring substituents is 1. The van der Waals surface area contributed by atoms with E-state index in [1.54, 1.807) is 23.0 Å². The van der Waals surface area contributed by atoms with E-state index < -0.39 is 11.0 Å². The molecule has 0 aliphatic carbocycles. The molecule has 102 valence electrons. The van der Waals surface area contributed by atoms with Gasteiger partial charge in [0.2, 0.25) is 0 Å². The second-order valence-electron chi connectivity index (χ2n) is 4.44. The van der Waals surface area contributed by atoms with Crippen LogP contribution in [0.1, 0.15) is 11.3 Å². The van der Waals surface area contributed by atoms with Crippen molar-refractivity contribution in [3.8, 4) is 5.69 Å². The number of fused-ring (bicyclic) bond motifs is 1. The monoisotopic (exact) mass is 274 g/mol. The largest absolute Gasteiger partial charge is 0.465 e. The van der Waals surface area contributed by atoms with Gasteiger partial charge in [0.15, 0.2) is 0 Å². The van der Waals surface area contributed by atoms with Crippen LogP contribution < -0.4 is 0 Å². The molecular weight excluding hydrogens is 264 g/mol. The van der Waals surface area contributed by atoms with Gasteiger partial charge in [0.25, 0.3) is 5.69 Å².